The molecular weight excluding hydrogens is 394 g/mol. The Morgan fingerprint density at radius 2 is 1.56 bits per heavy atom. The third kappa shape index (κ3) is 4.41. The summed E-state index contributed by atoms with van der Waals surface area (Å²) in [7, 11) is 0. The summed E-state index contributed by atoms with van der Waals surface area (Å²) in [6.07, 6.45) is 15.4. The number of hydrogen-bond acceptors (Lipinski definition) is 4. The minimum Gasteiger partial charge on any atom is -0.360 e. The molecule has 172 valence electrons. The quantitative estimate of drug-likeness (QED) is 0.595. The fourth-order valence-corrected chi connectivity index (χ4v) is 6.83. The SMILES string of the molecule is c1ccc(-c2noc(C3CC3)c2CNC2CC3CN(C4CCCCCCC4)CC3C2)cc1. The van der Waals surface area contributed by atoms with E-state index >= 15 is 0 Å². The maximum Gasteiger partial charge on any atom is 0.144 e. The Bertz CT molecular complexity index is 867. The van der Waals surface area contributed by atoms with Gasteiger partial charge in [-0.25, -0.2) is 0 Å². The molecule has 0 spiro atoms. The van der Waals surface area contributed by atoms with Crippen LogP contribution in [0.15, 0.2) is 34.9 Å². The van der Waals surface area contributed by atoms with Crippen LogP contribution in [0.5, 0.6) is 0 Å². The van der Waals surface area contributed by atoms with Crippen LogP contribution in [0.25, 0.3) is 11.3 Å². The number of hydrogen-bond donors (Lipinski definition) is 1. The van der Waals surface area contributed by atoms with Gasteiger partial charge in [0.05, 0.1) is 0 Å². The van der Waals surface area contributed by atoms with Crippen LogP contribution in [0.2, 0.25) is 0 Å². The van der Waals surface area contributed by atoms with E-state index < -0.39 is 0 Å². The van der Waals surface area contributed by atoms with Crippen molar-refractivity contribution in [2.45, 2.75) is 95.2 Å². The predicted octanol–water partition coefficient (Wildman–Crippen LogP) is 6.13. The number of benzene rings is 1. The van der Waals surface area contributed by atoms with Gasteiger partial charge in [0, 0.05) is 48.8 Å². The van der Waals surface area contributed by atoms with Gasteiger partial charge in [0.1, 0.15) is 11.5 Å². The molecule has 2 aromatic rings. The third-order valence-electron chi connectivity index (χ3n) is 8.75. The van der Waals surface area contributed by atoms with Crippen LogP contribution >= 0.6 is 0 Å². The van der Waals surface area contributed by atoms with E-state index in [2.05, 4.69) is 45.7 Å². The van der Waals surface area contributed by atoms with Crippen LogP contribution in [0, 0.1) is 11.8 Å². The molecule has 1 aliphatic heterocycles. The highest BCUT2D eigenvalue weighted by Crippen LogP contribution is 2.44. The standard InChI is InChI=1S/C28H39N3O/c1-2-7-11-25(12-8-3-1)31-18-22-15-24(16-23(22)19-31)29-17-26-27(20-9-5-4-6-10-20)30-32-28(26)21-13-14-21/h4-6,9-10,21-25,29H,1-3,7-8,11-19H2. The van der Waals surface area contributed by atoms with Crippen LogP contribution in [0.1, 0.15) is 87.9 Å². The summed E-state index contributed by atoms with van der Waals surface area (Å²) in [6.45, 7) is 3.60. The molecule has 2 unspecified atom stereocenters. The average molecular weight is 434 g/mol. The van der Waals surface area contributed by atoms with Crippen molar-refractivity contribution in [3.05, 3.63) is 41.7 Å². The van der Waals surface area contributed by atoms with Crippen LogP contribution in [0.4, 0.5) is 0 Å². The molecule has 1 N–H and O–H groups in total. The summed E-state index contributed by atoms with van der Waals surface area (Å²) >= 11 is 0. The second-order valence-electron chi connectivity index (χ2n) is 11.0. The molecule has 2 atom stereocenters. The van der Waals surface area contributed by atoms with Crippen molar-refractivity contribution in [2.24, 2.45) is 11.8 Å². The molecule has 4 heteroatoms. The highest BCUT2D eigenvalue weighted by molar-refractivity contribution is 5.63. The third-order valence-corrected chi connectivity index (χ3v) is 8.75. The van der Waals surface area contributed by atoms with Crippen LogP contribution in [0.3, 0.4) is 0 Å². The second-order valence-corrected chi connectivity index (χ2v) is 11.0. The first-order chi connectivity index (χ1) is 15.8. The summed E-state index contributed by atoms with van der Waals surface area (Å²) < 4.78 is 5.87. The van der Waals surface area contributed by atoms with E-state index in [1.165, 1.54) is 94.8 Å². The lowest BCUT2D eigenvalue weighted by Crippen LogP contribution is -2.36. The number of likely N-dealkylation sites (tertiary alicyclic amines) is 1. The Hall–Kier alpha value is -1.65. The highest BCUT2D eigenvalue weighted by Gasteiger charge is 2.42. The maximum absolute atomic E-state index is 5.87. The molecule has 1 saturated heterocycles. The lowest BCUT2D eigenvalue weighted by molar-refractivity contribution is 0.186. The van der Waals surface area contributed by atoms with Gasteiger partial charge in [-0.1, -0.05) is 67.6 Å². The molecule has 6 rings (SSSR count). The van der Waals surface area contributed by atoms with Gasteiger partial charge in [0.25, 0.3) is 0 Å². The van der Waals surface area contributed by atoms with Gasteiger partial charge < -0.3 is 9.84 Å². The summed E-state index contributed by atoms with van der Waals surface area (Å²) in [5.41, 5.74) is 3.54. The Morgan fingerprint density at radius 1 is 0.875 bits per heavy atom. The molecular formula is C28H39N3O. The Balaban J connectivity index is 1.07. The van der Waals surface area contributed by atoms with Crippen molar-refractivity contribution in [3.63, 3.8) is 0 Å². The number of rotatable bonds is 6. The lowest BCUT2D eigenvalue weighted by Gasteiger charge is -2.30. The molecule has 1 aromatic carbocycles. The Labute approximate surface area is 193 Å². The molecule has 1 aromatic heterocycles. The second kappa shape index (κ2) is 9.30. The zero-order valence-corrected chi connectivity index (χ0v) is 19.5. The molecule has 0 radical (unpaired) electrons. The van der Waals surface area contributed by atoms with Gasteiger partial charge in [-0.05, 0) is 50.4 Å². The van der Waals surface area contributed by atoms with Crippen molar-refractivity contribution in [1.82, 2.24) is 15.4 Å². The Morgan fingerprint density at radius 3 is 2.25 bits per heavy atom. The normalized spacial score (nSPS) is 29.7. The first kappa shape index (κ1) is 20.9. The molecule has 3 saturated carbocycles. The number of nitrogens with zero attached hydrogens (tertiary/aromatic N) is 2. The van der Waals surface area contributed by atoms with Crippen molar-refractivity contribution >= 4 is 0 Å². The van der Waals surface area contributed by atoms with Crippen molar-refractivity contribution < 1.29 is 4.52 Å². The van der Waals surface area contributed by atoms with Gasteiger partial charge in [-0.2, -0.15) is 0 Å². The molecule has 4 nitrogen and oxygen atoms in total. The highest BCUT2D eigenvalue weighted by atomic mass is 16.5. The zero-order chi connectivity index (χ0) is 21.3. The van der Waals surface area contributed by atoms with E-state index in [-0.39, 0.29) is 0 Å². The van der Waals surface area contributed by atoms with Gasteiger partial charge in [0.15, 0.2) is 0 Å². The molecule has 4 fully saturated rings. The summed E-state index contributed by atoms with van der Waals surface area (Å²) in [5, 5.41) is 8.44. The summed E-state index contributed by atoms with van der Waals surface area (Å²) in [6, 6.07) is 12.1. The summed E-state index contributed by atoms with van der Waals surface area (Å²) in [5.74, 6) is 3.54. The number of nitrogens with one attached hydrogen (secondary N) is 1. The van der Waals surface area contributed by atoms with Crippen molar-refractivity contribution in [1.29, 1.82) is 0 Å². The van der Waals surface area contributed by atoms with Crippen molar-refractivity contribution in [2.75, 3.05) is 13.1 Å². The first-order valence-electron chi connectivity index (χ1n) is 13.4. The first-order valence-corrected chi connectivity index (χ1v) is 13.4. The zero-order valence-electron chi connectivity index (χ0n) is 19.5. The minimum atomic E-state index is 0.594. The molecule has 4 aliphatic rings. The largest absolute Gasteiger partial charge is 0.360 e. The molecule has 3 aliphatic carbocycles. The fourth-order valence-electron chi connectivity index (χ4n) is 6.83. The van der Waals surface area contributed by atoms with E-state index in [0.717, 1.165) is 35.9 Å². The fraction of sp³-hybridized carbons (Fsp3) is 0.679. The van der Waals surface area contributed by atoms with Gasteiger partial charge in [0.2, 0.25) is 0 Å². The maximum atomic E-state index is 5.87. The van der Waals surface area contributed by atoms with Crippen molar-refractivity contribution in [3.8, 4) is 11.3 Å². The smallest absolute Gasteiger partial charge is 0.144 e. The summed E-state index contributed by atoms with van der Waals surface area (Å²) in [4.78, 5) is 2.88. The molecule has 0 bridgehead atoms. The topological polar surface area (TPSA) is 41.3 Å². The number of fused-ring (bicyclic) bond motifs is 1. The van der Waals surface area contributed by atoms with Gasteiger partial charge in [-0.3, -0.25) is 4.90 Å². The predicted molar refractivity (Wildman–Crippen MR) is 128 cm³/mol. The number of aromatic nitrogens is 1. The molecule has 0 amide bonds. The average Bonchev–Trinajstić information content (AvgIpc) is 3.25. The van der Waals surface area contributed by atoms with Gasteiger partial charge >= 0.3 is 0 Å². The van der Waals surface area contributed by atoms with E-state index in [9.17, 15) is 0 Å². The monoisotopic (exact) mass is 433 g/mol. The molecule has 2 heterocycles. The Kier molecular flexibility index (Phi) is 6.08. The van der Waals surface area contributed by atoms with E-state index in [0.29, 0.717) is 12.0 Å². The van der Waals surface area contributed by atoms with E-state index in [1.807, 2.05) is 0 Å². The molecule has 32 heavy (non-hydrogen) atoms. The van der Waals surface area contributed by atoms with Crippen LogP contribution in [-0.2, 0) is 6.54 Å². The van der Waals surface area contributed by atoms with E-state index in [4.69, 9.17) is 4.52 Å². The van der Waals surface area contributed by atoms with E-state index in [1.54, 1.807) is 0 Å². The van der Waals surface area contributed by atoms with Crippen LogP contribution < -0.4 is 5.32 Å². The minimum absolute atomic E-state index is 0.594. The lowest BCUT2D eigenvalue weighted by atomic mass is 9.95. The van der Waals surface area contributed by atoms with Crippen LogP contribution in [-0.4, -0.2) is 35.2 Å². The van der Waals surface area contributed by atoms with Gasteiger partial charge in [-0.15, -0.1) is 0 Å².